The quantitative estimate of drug-likeness (QED) is 0.608. The van der Waals surface area contributed by atoms with Gasteiger partial charge in [-0.25, -0.2) is 8.42 Å². The number of carbonyl (C=O) groups is 1. The summed E-state index contributed by atoms with van der Waals surface area (Å²) in [6, 6.07) is 11.3. The van der Waals surface area contributed by atoms with E-state index in [0.29, 0.717) is 10.2 Å². The number of hydrogen-bond acceptors (Lipinski definition) is 4. The summed E-state index contributed by atoms with van der Waals surface area (Å²) < 4.78 is 64.4. The fourth-order valence-corrected chi connectivity index (χ4v) is 4.98. The lowest BCUT2D eigenvalue weighted by atomic mass is 9.99. The molecule has 2 aromatic carbocycles. The lowest BCUT2D eigenvalue weighted by Gasteiger charge is -2.33. The van der Waals surface area contributed by atoms with Gasteiger partial charge in [0, 0.05) is 18.8 Å². The van der Waals surface area contributed by atoms with Gasteiger partial charge in [-0.2, -0.15) is 13.2 Å². The Bertz CT molecular complexity index is 1100. The number of alkyl halides is 3. The summed E-state index contributed by atoms with van der Waals surface area (Å²) in [5.74, 6) is 0.0190. The Morgan fingerprint density at radius 2 is 1.88 bits per heavy atom. The zero-order valence-corrected chi connectivity index (χ0v) is 20.3. The molecular weight excluding hydrogens is 467 g/mol. The van der Waals surface area contributed by atoms with Crippen molar-refractivity contribution >= 4 is 27.3 Å². The van der Waals surface area contributed by atoms with Gasteiger partial charge in [0.2, 0.25) is 15.9 Å². The third-order valence-electron chi connectivity index (χ3n) is 5.94. The third kappa shape index (κ3) is 6.65. The van der Waals surface area contributed by atoms with Gasteiger partial charge < -0.3 is 10.2 Å². The molecule has 2 atom stereocenters. The lowest BCUT2D eigenvalue weighted by molar-refractivity contribution is -0.137. The third-order valence-corrected chi connectivity index (χ3v) is 7.08. The molecule has 1 aliphatic rings. The van der Waals surface area contributed by atoms with Gasteiger partial charge in [-0.3, -0.25) is 9.10 Å². The first-order valence-corrected chi connectivity index (χ1v) is 13.0. The van der Waals surface area contributed by atoms with E-state index in [-0.39, 0.29) is 5.69 Å². The predicted molar refractivity (Wildman–Crippen MR) is 127 cm³/mol. The van der Waals surface area contributed by atoms with E-state index in [4.69, 9.17) is 0 Å². The Balaban J connectivity index is 1.69. The van der Waals surface area contributed by atoms with Gasteiger partial charge in [0.05, 0.1) is 23.5 Å². The van der Waals surface area contributed by atoms with Gasteiger partial charge in [-0.15, -0.1) is 0 Å². The van der Waals surface area contributed by atoms with Crippen molar-refractivity contribution in [3.63, 3.8) is 0 Å². The molecule has 0 spiro atoms. The molecular formula is C24H30F3N3O3S. The number of halogens is 3. The minimum atomic E-state index is -4.63. The second kappa shape index (κ2) is 10.2. The Morgan fingerprint density at radius 1 is 1.21 bits per heavy atom. The second-order valence-corrected chi connectivity index (χ2v) is 10.8. The van der Waals surface area contributed by atoms with Crippen LogP contribution in [0, 0.1) is 5.92 Å². The number of nitrogens with zero attached hydrogens (tertiary/aromatic N) is 2. The predicted octanol–water partition coefficient (Wildman–Crippen LogP) is 4.59. The van der Waals surface area contributed by atoms with E-state index in [9.17, 15) is 26.4 Å². The molecule has 1 aliphatic heterocycles. The Labute approximate surface area is 198 Å². The van der Waals surface area contributed by atoms with Crippen LogP contribution in [-0.2, 0) is 21.0 Å². The summed E-state index contributed by atoms with van der Waals surface area (Å²) in [5.41, 5.74) is 0.740. The number of sulfonamides is 1. The molecule has 186 valence electrons. The minimum Gasteiger partial charge on any atom is -0.371 e. The fraction of sp³-hybridized carbons (Fsp3) is 0.458. The van der Waals surface area contributed by atoms with Crippen molar-refractivity contribution in [3.8, 4) is 0 Å². The van der Waals surface area contributed by atoms with Crippen LogP contribution >= 0.6 is 0 Å². The summed E-state index contributed by atoms with van der Waals surface area (Å²) in [7, 11) is -4.00. The lowest BCUT2D eigenvalue weighted by Crippen LogP contribution is -2.41. The van der Waals surface area contributed by atoms with Gasteiger partial charge in [0.1, 0.15) is 6.54 Å². The number of rotatable bonds is 7. The molecule has 1 amide bonds. The molecule has 0 aromatic heterocycles. The zero-order chi connectivity index (χ0) is 25.1. The van der Waals surface area contributed by atoms with Crippen molar-refractivity contribution in [2.45, 2.75) is 38.9 Å². The van der Waals surface area contributed by atoms with Crippen LogP contribution < -0.4 is 14.5 Å². The van der Waals surface area contributed by atoms with Crippen molar-refractivity contribution < 1.29 is 26.4 Å². The van der Waals surface area contributed by atoms with Crippen LogP contribution in [0.2, 0.25) is 0 Å². The van der Waals surface area contributed by atoms with Gasteiger partial charge in [0.25, 0.3) is 0 Å². The molecule has 0 radical (unpaired) electrons. The Morgan fingerprint density at radius 3 is 2.47 bits per heavy atom. The Kier molecular flexibility index (Phi) is 7.80. The highest BCUT2D eigenvalue weighted by molar-refractivity contribution is 7.92. The van der Waals surface area contributed by atoms with Crippen molar-refractivity contribution in [1.29, 1.82) is 0 Å². The van der Waals surface area contributed by atoms with Gasteiger partial charge in [-0.05, 0) is 61.6 Å². The van der Waals surface area contributed by atoms with Crippen LogP contribution in [0.25, 0.3) is 0 Å². The second-order valence-electron chi connectivity index (χ2n) is 8.89. The average Bonchev–Trinajstić information content (AvgIpc) is 2.76. The number of carbonyl (C=O) groups excluding carboxylic acids is 1. The molecule has 0 saturated carbocycles. The molecule has 10 heteroatoms. The number of amides is 1. The van der Waals surface area contributed by atoms with E-state index in [2.05, 4.69) is 17.1 Å². The van der Waals surface area contributed by atoms with Gasteiger partial charge in [-0.1, -0.05) is 25.1 Å². The van der Waals surface area contributed by atoms with Crippen LogP contribution in [0.5, 0.6) is 0 Å². The minimum absolute atomic E-state index is 0.222. The van der Waals surface area contributed by atoms with Crippen LogP contribution in [-0.4, -0.2) is 40.2 Å². The maximum atomic E-state index is 13.1. The monoisotopic (exact) mass is 497 g/mol. The first kappa shape index (κ1) is 25.9. The average molecular weight is 498 g/mol. The number of nitrogens with one attached hydrogen (secondary N) is 1. The van der Waals surface area contributed by atoms with Crippen LogP contribution in [0.4, 0.5) is 24.5 Å². The maximum absolute atomic E-state index is 13.1. The van der Waals surface area contributed by atoms with Gasteiger partial charge in [0.15, 0.2) is 0 Å². The highest BCUT2D eigenvalue weighted by atomic mass is 32.2. The topological polar surface area (TPSA) is 69.7 Å². The van der Waals surface area contributed by atoms with Crippen molar-refractivity contribution in [2.75, 3.05) is 35.1 Å². The molecule has 2 aromatic rings. The fourth-order valence-electron chi connectivity index (χ4n) is 4.14. The van der Waals surface area contributed by atoms with Crippen molar-refractivity contribution in [3.05, 3.63) is 59.7 Å². The van der Waals surface area contributed by atoms with E-state index in [1.165, 1.54) is 12.5 Å². The Hall–Kier alpha value is -2.75. The molecule has 6 nitrogen and oxygen atoms in total. The molecule has 1 fully saturated rings. The molecule has 0 aliphatic carbocycles. The van der Waals surface area contributed by atoms with Crippen LogP contribution in [0.1, 0.15) is 43.9 Å². The summed E-state index contributed by atoms with van der Waals surface area (Å²) >= 11 is 0. The standard InChI is InChI=1S/C24H30F3N3O3S/c1-17-6-5-13-29(15-17)21-11-9-19(10-12-21)18(2)28-23(31)16-30(34(3,32)33)22-8-4-7-20(14-22)24(25,26)27/h4,7-12,14,17-18H,5-6,13,15-16H2,1-3H3,(H,28,31). The van der Waals surface area contributed by atoms with E-state index >= 15 is 0 Å². The molecule has 1 saturated heterocycles. The number of hydrogen-bond donors (Lipinski definition) is 1. The van der Waals surface area contributed by atoms with Crippen LogP contribution in [0.3, 0.4) is 0 Å². The van der Waals surface area contributed by atoms with E-state index < -0.39 is 40.3 Å². The normalized spacial score (nSPS) is 17.8. The highest BCUT2D eigenvalue weighted by Gasteiger charge is 2.32. The van der Waals surface area contributed by atoms with E-state index in [0.717, 1.165) is 55.2 Å². The number of anilines is 2. The first-order chi connectivity index (χ1) is 15.8. The summed E-state index contributed by atoms with van der Waals surface area (Å²) in [5, 5.41) is 2.74. The molecule has 3 rings (SSSR count). The number of benzene rings is 2. The van der Waals surface area contributed by atoms with E-state index in [1.807, 2.05) is 24.3 Å². The summed E-state index contributed by atoms with van der Waals surface area (Å²) in [6.07, 6.45) is -1.40. The van der Waals surface area contributed by atoms with Crippen LogP contribution in [0.15, 0.2) is 48.5 Å². The molecule has 1 N–H and O–H groups in total. The highest BCUT2D eigenvalue weighted by Crippen LogP contribution is 2.32. The molecule has 34 heavy (non-hydrogen) atoms. The SMILES string of the molecule is CC1CCCN(c2ccc(C(C)NC(=O)CN(c3cccc(C(F)(F)F)c3)S(C)(=O)=O)cc2)C1. The van der Waals surface area contributed by atoms with Crippen molar-refractivity contribution in [1.82, 2.24) is 5.32 Å². The number of piperidine rings is 1. The summed E-state index contributed by atoms with van der Waals surface area (Å²) in [6.45, 7) is 5.38. The zero-order valence-electron chi connectivity index (χ0n) is 19.5. The molecule has 1 heterocycles. The smallest absolute Gasteiger partial charge is 0.371 e. The van der Waals surface area contributed by atoms with E-state index in [1.54, 1.807) is 6.92 Å². The maximum Gasteiger partial charge on any atom is 0.416 e. The van der Waals surface area contributed by atoms with Crippen molar-refractivity contribution in [2.24, 2.45) is 5.92 Å². The molecule has 2 unspecified atom stereocenters. The van der Waals surface area contributed by atoms with Gasteiger partial charge >= 0.3 is 6.18 Å². The molecule has 0 bridgehead atoms. The summed E-state index contributed by atoms with van der Waals surface area (Å²) in [4.78, 5) is 15.0. The largest absolute Gasteiger partial charge is 0.416 e. The first-order valence-electron chi connectivity index (χ1n) is 11.1.